The van der Waals surface area contributed by atoms with E-state index in [1.54, 1.807) is 6.92 Å². The van der Waals surface area contributed by atoms with Gasteiger partial charge in [0, 0.05) is 0 Å². The smallest absolute Gasteiger partial charge is 0.135 e. The van der Waals surface area contributed by atoms with Crippen LogP contribution >= 0.6 is 0 Å². The third-order valence-electron chi connectivity index (χ3n) is 2.50. The number of hydrogen-bond donors (Lipinski definition) is 2. The Labute approximate surface area is 75.6 Å². The Morgan fingerprint density at radius 3 is 2.54 bits per heavy atom. The van der Waals surface area contributed by atoms with Gasteiger partial charge in [-0.05, 0) is 31.4 Å². The van der Waals surface area contributed by atoms with Crippen molar-refractivity contribution in [3.05, 3.63) is 29.1 Å². The van der Waals surface area contributed by atoms with Gasteiger partial charge in [-0.2, -0.15) is 0 Å². The third kappa shape index (κ3) is 1.20. The maximum Gasteiger partial charge on any atom is 0.135 e. The zero-order chi connectivity index (χ0) is 9.64. The van der Waals surface area contributed by atoms with Crippen LogP contribution in [0.5, 0.6) is 5.75 Å². The van der Waals surface area contributed by atoms with Gasteiger partial charge in [-0.15, -0.1) is 0 Å². The predicted octanol–water partition coefficient (Wildman–Crippen LogP) is 1.82. The molecule has 1 aliphatic rings. The van der Waals surface area contributed by atoms with Crippen molar-refractivity contribution in [2.24, 2.45) is 0 Å². The van der Waals surface area contributed by atoms with Gasteiger partial charge in [-0.1, -0.05) is 6.07 Å². The van der Waals surface area contributed by atoms with Gasteiger partial charge >= 0.3 is 0 Å². The van der Waals surface area contributed by atoms with Crippen LogP contribution in [0.25, 0.3) is 0 Å². The molecule has 0 aliphatic heterocycles. The van der Waals surface area contributed by atoms with E-state index < -0.39 is 11.4 Å². The third-order valence-corrected chi connectivity index (χ3v) is 2.50. The molecule has 0 aromatic heterocycles. The van der Waals surface area contributed by atoms with Gasteiger partial charge in [0.25, 0.3) is 0 Å². The summed E-state index contributed by atoms with van der Waals surface area (Å²) in [5.74, 6) is -0.636. The van der Waals surface area contributed by atoms with Crippen LogP contribution in [-0.2, 0) is 5.60 Å². The van der Waals surface area contributed by atoms with E-state index in [4.69, 9.17) is 0 Å². The van der Waals surface area contributed by atoms with Crippen LogP contribution in [0.3, 0.4) is 0 Å². The summed E-state index contributed by atoms with van der Waals surface area (Å²) in [6.45, 7) is 1.62. The van der Waals surface area contributed by atoms with Crippen molar-refractivity contribution in [3.8, 4) is 5.75 Å². The molecular formula is C10H11FO2. The second kappa shape index (κ2) is 2.45. The van der Waals surface area contributed by atoms with Crippen LogP contribution in [0.4, 0.5) is 4.39 Å². The lowest BCUT2D eigenvalue weighted by Gasteiger charge is -2.12. The highest BCUT2D eigenvalue weighted by molar-refractivity contribution is 5.43. The maximum absolute atomic E-state index is 13.5. The Morgan fingerprint density at radius 2 is 2.00 bits per heavy atom. The summed E-state index contributed by atoms with van der Waals surface area (Å²) in [6.07, 6.45) is 1.06. The van der Waals surface area contributed by atoms with E-state index in [0.29, 0.717) is 18.4 Å². The molecule has 1 fully saturated rings. The van der Waals surface area contributed by atoms with E-state index in [0.717, 1.165) is 0 Å². The van der Waals surface area contributed by atoms with Gasteiger partial charge in [-0.3, -0.25) is 0 Å². The van der Waals surface area contributed by atoms with Crippen LogP contribution in [0.15, 0.2) is 12.1 Å². The molecule has 1 aliphatic carbocycles. The van der Waals surface area contributed by atoms with Crippen molar-refractivity contribution in [1.29, 1.82) is 0 Å². The standard InChI is InChI=1S/C10H11FO2/c1-6-2-3-7(12)8(9(6)11)10(13)4-5-10/h2-3,12-13H,4-5H2,1H3. The molecule has 70 valence electrons. The summed E-state index contributed by atoms with van der Waals surface area (Å²) in [4.78, 5) is 0. The van der Waals surface area contributed by atoms with Crippen LogP contribution < -0.4 is 0 Å². The molecule has 0 heterocycles. The minimum atomic E-state index is -1.11. The molecule has 13 heavy (non-hydrogen) atoms. The van der Waals surface area contributed by atoms with E-state index in [-0.39, 0.29) is 11.3 Å². The number of hydrogen-bond acceptors (Lipinski definition) is 2. The molecule has 0 radical (unpaired) electrons. The van der Waals surface area contributed by atoms with Crippen LogP contribution in [0.2, 0.25) is 0 Å². The molecule has 1 aromatic carbocycles. The van der Waals surface area contributed by atoms with Crippen LogP contribution in [0.1, 0.15) is 24.0 Å². The second-order valence-corrected chi connectivity index (χ2v) is 3.62. The second-order valence-electron chi connectivity index (χ2n) is 3.62. The average molecular weight is 182 g/mol. The SMILES string of the molecule is Cc1ccc(O)c(C2(O)CC2)c1F. The van der Waals surface area contributed by atoms with Gasteiger partial charge in [0.15, 0.2) is 0 Å². The molecule has 1 saturated carbocycles. The fraction of sp³-hybridized carbons (Fsp3) is 0.400. The highest BCUT2D eigenvalue weighted by atomic mass is 19.1. The molecule has 2 rings (SSSR count). The minimum Gasteiger partial charge on any atom is -0.507 e. The zero-order valence-corrected chi connectivity index (χ0v) is 7.34. The normalized spacial score (nSPS) is 18.7. The fourth-order valence-electron chi connectivity index (χ4n) is 1.48. The number of rotatable bonds is 1. The van der Waals surface area contributed by atoms with Crippen molar-refractivity contribution in [2.75, 3.05) is 0 Å². The molecule has 0 unspecified atom stereocenters. The first-order valence-corrected chi connectivity index (χ1v) is 4.25. The number of aromatic hydroxyl groups is 1. The van der Waals surface area contributed by atoms with E-state index in [1.165, 1.54) is 12.1 Å². The highest BCUT2D eigenvalue weighted by Crippen LogP contribution is 2.49. The lowest BCUT2D eigenvalue weighted by Crippen LogP contribution is -2.08. The summed E-state index contributed by atoms with van der Waals surface area (Å²) in [5.41, 5.74) is -0.596. The van der Waals surface area contributed by atoms with Gasteiger partial charge in [0.05, 0.1) is 11.2 Å². The molecule has 0 amide bonds. The van der Waals surface area contributed by atoms with E-state index in [9.17, 15) is 14.6 Å². The molecule has 0 atom stereocenters. The molecule has 3 heteroatoms. The summed E-state index contributed by atoms with van der Waals surface area (Å²) >= 11 is 0. The molecule has 0 saturated heterocycles. The first-order valence-electron chi connectivity index (χ1n) is 4.25. The molecular weight excluding hydrogens is 171 g/mol. The first-order chi connectivity index (χ1) is 6.04. The van der Waals surface area contributed by atoms with Crippen molar-refractivity contribution in [1.82, 2.24) is 0 Å². The van der Waals surface area contributed by atoms with Crippen molar-refractivity contribution >= 4 is 0 Å². The number of phenolic OH excluding ortho intramolecular Hbond substituents is 1. The van der Waals surface area contributed by atoms with Crippen molar-refractivity contribution in [3.63, 3.8) is 0 Å². The van der Waals surface area contributed by atoms with Crippen molar-refractivity contribution < 1.29 is 14.6 Å². The number of aryl methyl sites for hydroxylation is 1. The largest absolute Gasteiger partial charge is 0.507 e. The summed E-state index contributed by atoms with van der Waals surface area (Å²) in [5, 5.41) is 19.1. The van der Waals surface area contributed by atoms with Gasteiger partial charge in [0.1, 0.15) is 11.6 Å². The fourth-order valence-corrected chi connectivity index (χ4v) is 1.48. The molecule has 0 spiro atoms. The monoisotopic (exact) mass is 182 g/mol. The zero-order valence-electron chi connectivity index (χ0n) is 7.34. The molecule has 2 nitrogen and oxygen atoms in total. The number of halogens is 1. The quantitative estimate of drug-likeness (QED) is 0.695. The first kappa shape index (κ1) is 8.51. The number of phenols is 1. The summed E-state index contributed by atoms with van der Waals surface area (Å²) in [7, 11) is 0. The average Bonchev–Trinajstić information content (AvgIpc) is 2.78. The van der Waals surface area contributed by atoms with Crippen molar-refractivity contribution in [2.45, 2.75) is 25.4 Å². The Kier molecular flexibility index (Phi) is 1.60. The number of benzene rings is 1. The lowest BCUT2D eigenvalue weighted by molar-refractivity contribution is 0.142. The summed E-state index contributed by atoms with van der Waals surface area (Å²) in [6, 6.07) is 2.92. The van der Waals surface area contributed by atoms with E-state index in [2.05, 4.69) is 0 Å². The van der Waals surface area contributed by atoms with Gasteiger partial charge in [-0.25, -0.2) is 4.39 Å². The van der Waals surface area contributed by atoms with E-state index >= 15 is 0 Å². The van der Waals surface area contributed by atoms with Crippen LogP contribution in [-0.4, -0.2) is 10.2 Å². The van der Waals surface area contributed by atoms with Gasteiger partial charge in [0.2, 0.25) is 0 Å². The van der Waals surface area contributed by atoms with Crippen LogP contribution in [0, 0.1) is 12.7 Å². The Balaban J connectivity index is 2.61. The minimum absolute atomic E-state index is 0.0625. The van der Waals surface area contributed by atoms with E-state index in [1.807, 2.05) is 0 Å². The molecule has 1 aromatic rings. The Hall–Kier alpha value is -1.09. The summed E-state index contributed by atoms with van der Waals surface area (Å²) < 4.78 is 13.5. The molecule has 2 N–H and O–H groups in total. The number of aliphatic hydroxyl groups is 1. The Bertz CT molecular complexity index is 356. The Morgan fingerprint density at radius 1 is 1.38 bits per heavy atom. The maximum atomic E-state index is 13.5. The molecule has 0 bridgehead atoms. The predicted molar refractivity (Wildman–Crippen MR) is 45.9 cm³/mol. The topological polar surface area (TPSA) is 40.5 Å². The highest BCUT2D eigenvalue weighted by Gasteiger charge is 2.46. The lowest BCUT2D eigenvalue weighted by atomic mass is 10.0. The van der Waals surface area contributed by atoms with Gasteiger partial charge < -0.3 is 10.2 Å².